The van der Waals surface area contributed by atoms with Gasteiger partial charge in [-0.15, -0.1) is 0 Å². The van der Waals surface area contributed by atoms with Crippen LogP contribution < -0.4 is 11.1 Å². The second-order valence-electron chi connectivity index (χ2n) is 5.34. The molecule has 0 saturated carbocycles. The maximum Gasteiger partial charge on any atom is 0.237 e. The summed E-state index contributed by atoms with van der Waals surface area (Å²) >= 11 is 0. The van der Waals surface area contributed by atoms with Gasteiger partial charge in [-0.05, 0) is 34.4 Å². The lowest BCUT2D eigenvalue weighted by Crippen LogP contribution is -2.56. The molecule has 17 heavy (non-hydrogen) atoms. The molecule has 1 heterocycles. The molecular formula is C12H26N4O. The van der Waals surface area contributed by atoms with Crippen molar-refractivity contribution in [3.05, 3.63) is 0 Å². The number of amides is 1. The SMILES string of the molecule is CNC(C)(CCN1CCN(C)CC1C)C(N)=O. The highest BCUT2D eigenvalue weighted by molar-refractivity contribution is 5.84. The topological polar surface area (TPSA) is 61.6 Å². The van der Waals surface area contributed by atoms with Gasteiger partial charge in [-0.1, -0.05) is 0 Å². The zero-order valence-corrected chi connectivity index (χ0v) is 11.5. The molecule has 1 rings (SSSR count). The van der Waals surface area contributed by atoms with Crippen LogP contribution >= 0.6 is 0 Å². The Morgan fingerprint density at radius 2 is 2.18 bits per heavy atom. The summed E-state index contributed by atoms with van der Waals surface area (Å²) in [6.07, 6.45) is 0.757. The van der Waals surface area contributed by atoms with E-state index in [9.17, 15) is 4.79 Å². The Bertz CT molecular complexity index is 271. The van der Waals surface area contributed by atoms with Gasteiger partial charge in [0.05, 0.1) is 5.54 Å². The van der Waals surface area contributed by atoms with Crippen LogP contribution in [0.5, 0.6) is 0 Å². The number of nitrogens with two attached hydrogens (primary N) is 1. The fourth-order valence-corrected chi connectivity index (χ4v) is 2.25. The molecule has 3 N–H and O–H groups in total. The van der Waals surface area contributed by atoms with E-state index in [1.807, 2.05) is 6.92 Å². The van der Waals surface area contributed by atoms with E-state index >= 15 is 0 Å². The summed E-state index contributed by atoms with van der Waals surface area (Å²) < 4.78 is 0. The number of piperazine rings is 1. The molecule has 1 fully saturated rings. The van der Waals surface area contributed by atoms with Gasteiger partial charge in [0.2, 0.25) is 5.91 Å². The molecule has 100 valence electrons. The quantitative estimate of drug-likeness (QED) is 0.681. The Balaban J connectivity index is 2.47. The fourth-order valence-electron chi connectivity index (χ4n) is 2.25. The van der Waals surface area contributed by atoms with E-state index in [1.165, 1.54) is 0 Å². The highest BCUT2D eigenvalue weighted by Gasteiger charge is 2.30. The number of nitrogens with zero attached hydrogens (tertiary/aromatic N) is 2. The molecule has 0 spiro atoms. The van der Waals surface area contributed by atoms with Crippen LogP contribution in [0.15, 0.2) is 0 Å². The summed E-state index contributed by atoms with van der Waals surface area (Å²) in [6.45, 7) is 8.27. The van der Waals surface area contributed by atoms with E-state index in [1.54, 1.807) is 7.05 Å². The van der Waals surface area contributed by atoms with Gasteiger partial charge in [0, 0.05) is 32.2 Å². The van der Waals surface area contributed by atoms with Crippen LogP contribution in [0.2, 0.25) is 0 Å². The van der Waals surface area contributed by atoms with E-state index in [2.05, 4.69) is 29.1 Å². The van der Waals surface area contributed by atoms with Gasteiger partial charge in [0.1, 0.15) is 0 Å². The summed E-state index contributed by atoms with van der Waals surface area (Å²) in [4.78, 5) is 16.2. The second kappa shape index (κ2) is 5.80. The molecule has 0 aliphatic carbocycles. The molecule has 1 saturated heterocycles. The van der Waals surface area contributed by atoms with Crippen molar-refractivity contribution in [2.75, 3.05) is 40.3 Å². The highest BCUT2D eigenvalue weighted by atomic mass is 16.1. The van der Waals surface area contributed by atoms with Crippen molar-refractivity contribution in [1.82, 2.24) is 15.1 Å². The largest absolute Gasteiger partial charge is 0.368 e. The first-order chi connectivity index (χ1) is 7.89. The molecule has 5 heteroatoms. The molecule has 0 aromatic rings. The Morgan fingerprint density at radius 1 is 1.53 bits per heavy atom. The zero-order valence-electron chi connectivity index (χ0n) is 11.5. The first-order valence-corrected chi connectivity index (χ1v) is 6.30. The number of hydrogen-bond acceptors (Lipinski definition) is 4. The molecule has 0 aromatic carbocycles. The van der Waals surface area contributed by atoms with Crippen molar-refractivity contribution >= 4 is 5.91 Å². The molecule has 2 atom stereocenters. The molecule has 0 radical (unpaired) electrons. The van der Waals surface area contributed by atoms with Crippen molar-refractivity contribution in [3.63, 3.8) is 0 Å². The fraction of sp³-hybridized carbons (Fsp3) is 0.917. The Kier molecular flexibility index (Phi) is 4.91. The minimum Gasteiger partial charge on any atom is -0.368 e. The molecule has 1 aliphatic heterocycles. The predicted molar refractivity (Wildman–Crippen MR) is 69.8 cm³/mol. The molecule has 0 aromatic heterocycles. The van der Waals surface area contributed by atoms with Gasteiger partial charge >= 0.3 is 0 Å². The van der Waals surface area contributed by atoms with Crippen molar-refractivity contribution in [2.45, 2.75) is 31.8 Å². The predicted octanol–water partition coefficient (Wildman–Crippen LogP) is -0.524. The summed E-state index contributed by atoms with van der Waals surface area (Å²) in [5.41, 5.74) is 4.83. The van der Waals surface area contributed by atoms with Gasteiger partial charge in [-0.25, -0.2) is 0 Å². The third-order valence-electron chi connectivity index (χ3n) is 3.96. The van der Waals surface area contributed by atoms with E-state index in [0.29, 0.717) is 6.04 Å². The number of carbonyl (C=O) groups excluding carboxylic acids is 1. The maximum atomic E-state index is 11.4. The third-order valence-corrected chi connectivity index (χ3v) is 3.96. The standard InChI is InChI=1S/C12H26N4O/c1-10-9-15(4)7-8-16(10)6-5-12(2,14-3)11(13)17/h10,14H,5-9H2,1-4H3,(H2,13,17). The van der Waals surface area contributed by atoms with Crippen LogP contribution in [0.1, 0.15) is 20.3 Å². The van der Waals surface area contributed by atoms with E-state index in [0.717, 1.165) is 32.6 Å². The van der Waals surface area contributed by atoms with Crippen LogP contribution in [-0.4, -0.2) is 67.6 Å². The number of hydrogen-bond donors (Lipinski definition) is 2. The van der Waals surface area contributed by atoms with Crippen molar-refractivity contribution < 1.29 is 4.79 Å². The Morgan fingerprint density at radius 3 is 2.65 bits per heavy atom. The second-order valence-corrected chi connectivity index (χ2v) is 5.34. The number of carbonyl (C=O) groups is 1. The summed E-state index contributed by atoms with van der Waals surface area (Å²) in [5.74, 6) is -0.276. The summed E-state index contributed by atoms with van der Waals surface area (Å²) in [6, 6.07) is 0.544. The van der Waals surface area contributed by atoms with Gasteiger partial charge in [-0.2, -0.15) is 0 Å². The minimum absolute atomic E-state index is 0.276. The lowest BCUT2D eigenvalue weighted by atomic mass is 9.96. The average molecular weight is 242 g/mol. The maximum absolute atomic E-state index is 11.4. The molecule has 0 bridgehead atoms. The van der Waals surface area contributed by atoms with E-state index in [-0.39, 0.29) is 5.91 Å². The third kappa shape index (κ3) is 3.66. The summed E-state index contributed by atoms with van der Waals surface area (Å²) in [7, 11) is 3.94. The van der Waals surface area contributed by atoms with Gasteiger partial charge in [0.25, 0.3) is 0 Å². The van der Waals surface area contributed by atoms with Crippen LogP contribution in [0.3, 0.4) is 0 Å². The monoisotopic (exact) mass is 242 g/mol. The van der Waals surface area contributed by atoms with Crippen LogP contribution in [0, 0.1) is 0 Å². The van der Waals surface area contributed by atoms with Gasteiger partial charge in [-0.3, -0.25) is 9.69 Å². The van der Waals surface area contributed by atoms with Crippen molar-refractivity contribution in [2.24, 2.45) is 5.73 Å². The van der Waals surface area contributed by atoms with E-state index in [4.69, 9.17) is 5.73 Å². The Labute approximate surface area is 104 Å². The number of nitrogens with one attached hydrogen (secondary N) is 1. The molecular weight excluding hydrogens is 216 g/mol. The minimum atomic E-state index is -0.594. The molecule has 1 aliphatic rings. The number of rotatable bonds is 5. The van der Waals surface area contributed by atoms with E-state index < -0.39 is 5.54 Å². The molecule has 2 unspecified atom stereocenters. The zero-order chi connectivity index (χ0) is 13.1. The average Bonchev–Trinajstić information content (AvgIpc) is 2.27. The van der Waals surface area contributed by atoms with Gasteiger partial charge < -0.3 is 16.0 Å². The van der Waals surface area contributed by atoms with Crippen LogP contribution in [0.25, 0.3) is 0 Å². The summed E-state index contributed by atoms with van der Waals surface area (Å²) in [5, 5.41) is 3.03. The molecule has 5 nitrogen and oxygen atoms in total. The first kappa shape index (κ1) is 14.4. The van der Waals surface area contributed by atoms with Crippen molar-refractivity contribution in [1.29, 1.82) is 0 Å². The Hall–Kier alpha value is -0.650. The normalized spacial score (nSPS) is 26.7. The van der Waals surface area contributed by atoms with Crippen LogP contribution in [0.4, 0.5) is 0 Å². The van der Waals surface area contributed by atoms with Crippen LogP contribution in [-0.2, 0) is 4.79 Å². The molecule has 1 amide bonds. The lowest BCUT2D eigenvalue weighted by molar-refractivity contribution is -0.124. The van der Waals surface area contributed by atoms with Gasteiger partial charge in [0.15, 0.2) is 0 Å². The van der Waals surface area contributed by atoms with Crippen molar-refractivity contribution in [3.8, 4) is 0 Å². The number of likely N-dealkylation sites (N-methyl/N-ethyl adjacent to an activating group) is 2. The smallest absolute Gasteiger partial charge is 0.237 e. The number of primary amides is 1. The first-order valence-electron chi connectivity index (χ1n) is 6.30. The highest BCUT2D eigenvalue weighted by Crippen LogP contribution is 2.13. The lowest BCUT2D eigenvalue weighted by Gasteiger charge is -2.39.